The molecule has 4 aromatic rings. The summed E-state index contributed by atoms with van der Waals surface area (Å²) in [6.07, 6.45) is 2.06. The minimum absolute atomic E-state index is 0. The average molecular weight is 463 g/mol. The number of halogens is 1. The van der Waals surface area contributed by atoms with Crippen molar-refractivity contribution in [3.05, 3.63) is 94.6 Å². The first-order valence-electron chi connectivity index (χ1n) is 10.0. The van der Waals surface area contributed by atoms with Crippen LogP contribution in [-0.2, 0) is 6.54 Å². The van der Waals surface area contributed by atoms with Gasteiger partial charge in [-0.1, -0.05) is 54.1 Å². The van der Waals surface area contributed by atoms with Crippen molar-refractivity contribution in [1.82, 2.24) is 4.57 Å². The number of ketones is 1. The minimum Gasteiger partial charge on any atom is -1.00 e. The van der Waals surface area contributed by atoms with Gasteiger partial charge in [0, 0.05) is 19.4 Å². The van der Waals surface area contributed by atoms with Crippen molar-refractivity contribution in [2.75, 3.05) is 0 Å². The van der Waals surface area contributed by atoms with E-state index in [1.807, 2.05) is 36.4 Å². The average Bonchev–Trinajstić information content (AvgIpc) is 2.95. The molecule has 4 rings (SSSR count). The number of fused-ring (bicyclic) bond motifs is 1. The van der Waals surface area contributed by atoms with Gasteiger partial charge in [-0.25, -0.2) is 4.57 Å². The summed E-state index contributed by atoms with van der Waals surface area (Å²) in [4.78, 5) is 13.0. The van der Waals surface area contributed by atoms with Gasteiger partial charge in [-0.15, -0.1) is 0 Å². The van der Waals surface area contributed by atoms with Gasteiger partial charge in [0.25, 0.3) is 0 Å². The second-order valence-corrected chi connectivity index (χ2v) is 8.02. The third-order valence-corrected chi connectivity index (χ3v) is 5.83. The van der Waals surface area contributed by atoms with Crippen molar-refractivity contribution in [2.24, 2.45) is 0 Å². The molecule has 0 saturated heterocycles. The first kappa shape index (κ1) is 22.0. The van der Waals surface area contributed by atoms with Crippen LogP contribution in [0.2, 0.25) is 0 Å². The molecule has 0 radical (unpaired) electrons. The molecule has 3 nitrogen and oxygen atoms in total. The van der Waals surface area contributed by atoms with E-state index in [9.17, 15) is 4.79 Å². The molecule has 0 aliphatic heterocycles. The van der Waals surface area contributed by atoms with Crippen LogP contribution in [0, 0.1) is 34.6 Å². The highest BCUT2D eigenvalue weighted by Crippen LogP contribution is 2.23. The molecule has 0 unspecified atom stereocenters. The smallest absolute Gasteiger partial charge is 0.249 e. The summed E-state index contributed by atoms with van der Waals surface area (Å²) >= 11 is 0. The Hall–Kier alpha value is -2.72. The summed E-state index contributed by atoms with van der Waals surface area (Å²) in [6, 6.07) is 18.5. The molecule has 0 aliphatic carbocycles. The number of imidazole rings is 1. The first-order chi connectivity index (χ1) is 13.8. The highest BCUT2D eigenvalue weighted by Gasteiger charge is 2.23. The van der Waals surface area contributed by atoms with Gasteiger partial charge in [-0.3, -0.25) is 4.79 Å². The maximum atomic E-state index is 13.0. The quantitative estimate of drug-likeness (QED) is 0.337. The Balaban J connectivity index is 0.00000256. The molecular formula is C26H27BrN2O. The monoisotopic (exact) mass is 462 g/mol. The number of Topliss-reactive ketones (excluding diaryl/α,β-unsaturated/α-hetero) is 1. The second kappa shape index (κ2) is 8.57. The van der Waals surface area contributed by atoms with Crippen LogP contribution in [0.4, 0.5) is 0 Å². The van der Waals surface area contributed by atoms with Gasteiger partial charge in [0.1, 0.15) is 17.1 Å². The predicted octanol–water partition coefficient (Wildman–Crippen LogP) is 2.35. The molecule has 0 bridgehead atoms. The van der Waals surface area contributed by atoms with E-state index in [1.165, 1.54) is 22.4 Å². The number of hydrogen-bond donors (Lipinski definition) is 0. The molecule has 0 N–H and O–H groups in total. The summed E-state index contributed by atoms with van der Waals surface area (Å²) in [6.45, 7) is 11.0. The Kier molecular flexibility index (Phi) is 6.27. The molecule has 4 heteroatoms. The van der Waals surface area contributed by atoms with E-state index in [-0.39, 0.29) is 22.8 Å². The molecule has 0 saturated carbocycles. The fraction of sp³-hybridized carbons (Fsp3) is 0.231. The van der Waals surface area contributed by atoms with E-state index in [0.717, 1.165) is 27.7 Å². The van der Waals surface area contributed by atoms with Crippen LogP contribution >= 0.6 is 0 Å². The molecule has 154 valence electrons. The Bertz CT molecular complexity index is 1230. The number of rotatable bonds is 4. The molecule has 0 aliphatic rings. The molecule has 1 aromatic heterocycles. The van der Waals surface area contributed by atoms with Crippen LogP contribution in [0.1, 0.15) is 38.4 Å². The predicted molar refractivity (Wildman–Crippen MR) is 118 cm³/mol. The van der Waals surface area contributed by atoms with Crippen LogP contribution in [0.25, 0.3) is 16.5 Å². The van der Waals surface area contributed by atoms with Crippen LogP contribution in [-0.4, -0.2) is 10.4 Å². The number of carbonyl (C=O) groups excluding carboxylic acids is 1. The number of benzene rings is 3. The lowest BCUT2D eigenvalue weighted by Crippen LogP contribution is -3.00. The number of aryl methyl sites for hydroxylation is 3. The second-order valence-electron chi connectivity index (χ2n) is 8.02. The van der Waals surface area contributed by atoms with Crippen molar-refractivity contribution >= 4 is 16.6 Å². The molecule has 30 heavy (non-hydrogen) atoms. The summed E-state index contributed by atoms with van der Waals surface area (Å²) in [7, 11) is 0. The van der Waals surface area contributed by atoms with Crippen molar-refractivity contribution < 1.29 is 26.3 Å². The van der Waals surface area contributed by atoms with E-state index in [1.54, 1.807) is 0 Å². The maximum Gasteiger partial charge on any atom is 0.249 e. The van der Waals surface area contributed by atoms with Crippen LogP contribution in [0.3, 0.4) is 0 Å². The molecule has 3 aromatic carbocycles. The van der Waals surface area contributed by atoms with Gasteiger partial charge in [0.05, 0.1) is 0 Å². The number of hydrogen-bond acceptors (Lipinski definition) is 1. The van der Waals surface area contributed by atoms with Gasteiger partial charge < -0.3 is 17.0 Å². The highest BCUT2D eigenvalue weighted by molar-refractivity contribution is 5.99. The van der Waals surface area contributed by atoms with Crippen molar-refractivity contribution in [2.45, 2.75) is 41.2 Å². The molecule has 0 atom stereocenters. The lowest BCUT2D eigenvalue weighted by Gasteiger charge is -2.08. The summed E-state index contributed by atoms with van der Waals surface area (Å²) in [5.74, 6) is 0.123. The Morgan fingerprint density at radius 3 is 2.17 bits per heavy atom. The standard InChI is InChI=1S/C26H27N2O.BrH/c1-17-12-18(2)26(19(3)13-17)28-16-27(20(4)21(28)5)15-25(29)24-11-10-22-8-6-7-9-23(22)14-24;/h6-14,16H,15H2,1-5H3;1H/q+1;/p-1. The van der Waals surface area contributed by atoms with E-state index in [0.29, 0.717) is 6.54 Å². The Morgan fingerprint density at radius 2 is 1.50 bits per heavy atom. The van der Waals surface area contributed by atoms with Gasteiger partial charge in [-0.05, 0) is 48.7 Å². The third kappa shape index (κ3) is 3.97. The van der Waals surface area contributed by atoms with Crippen LogP contribution < -0.4 is 21.5 Å². The SMILES string of the molecule is Cc1cc(C)c(-n2c[n+](CC(=O)c3ccc4ccccc4c3)c(C)c2C)c(C)c1.[Br-]. The van der Waals surface area contributed by atoms with Gasteiger partial charge >= 0.3 is 0 Å². The number of aromatic nitrogens is 2. The zero-order valence-electron chi connectivity index (χ0n) is 18.2. The topological polar surface area (TPSA) is 25.9 Å². The lowest BCUT2D eigenvalue weighted by atomic mass is 10.0. The first-order valence-corrected chi connectivity index (χ1v) is 10.0. The summed E-state index contributed by atoms with van der Waals surface area (Å²) < 4.78 is 4.28. The van der Waals surface area contributed by atoms with E-state index in [2.05, 4.69) is 68.3 Å². The molecule has 0 amide bonds. The molecule has 1 heterocycles. The zero-order valence-corrected chi connectivity index (χ0v) is 19.7. The van der Waals surface area contributed by atoms with E-state index < -0.39 is 0 Å². The Labute approximate surface area is 188 Å². The maximum absolute atomic E-state index is 13.0. The van der Waals surface area contributed by atoms with Gasteiger partial charge in [-0.2, -0.15) is 4.57 Å². The van der Waals surface area contributed by atoms with Crippen molar-refractivity contribution in [3.8, 4) is 5.69 Å². The van der Waals surface area contributed by atoms with E-state index in [4.69, 9.17) is 0 Å². The molecule has 0 fully saturated rings. The van der Waals surface area contributed by atoms with Crippen LogP contribution in [0.15, 0.2) is 60.9 Å². The lowest BCUT2D eigenvalue weighted by molar-refractivity contribution is -0.688. The number of nitrogens with zero attached hydrogens (tertiary/aromatic N) is 2. The minimum atomic E-state index is 0. The Morgan fingerprint density at radius 1 is 0.867 bits per heavy atom. The molecular weight excluding hydrogens is 436 g/mol. The fourth-order valence-electron chi connectivity index (χ4n) is 4.24. The third-order valence-electron chi connectivity index (χ3n) is 5.83. The van der Waals surface area contributed by atoms with E-state index >= 15 is 0 Å². The van der Waals surface area contributed by atoms with Crippen molar-refractivity contribution in [1.29, 1.82) is 0 Å². The van der Waals surface area contributed by atoms with Crippen LogP contribution in [0.5, 0.6) is 0 Å². The number of carbonyl (C=O) groups is 1. The largest absolute Gasteiger partial charge is 1.00 e. The zero-order chi connectivity index (χ0) is 20.7. The fourth-order valence-corrected chi connectivity index (χ4v) is 4.24. The highest BCUT2D eigenvalue weighted by atomic mass is 79.9. The van der Waals surface area contributed by atoms with Gasteiger partial charge in [0.2, 0.25) is 12.1 Å². The van der Waals surface area contributed by atoms with Gasteiger partial charge in [0.15, 0.2) is 6.54 Å². The summed E-state index contributed by atoms with van der Waals surface area (Å²) in [5.41, 5.74) is 7.98. The molecule has 0 spiro atoms. The normalized spacial score (nSPS) is 10.8. The summed E-state index contributed by atoms with van der Waals surface area (Å²) in [5, 5.41) is 2.25. The van der Waals surface area contributed by atoms with Crippen molar-refractivity contribution in [3.63, 3.8) is 0 Å².